The first-order valence-corrected chi connectivity index (χ1v) is 6.58. The van der Waals surface area contributed by atoms with E-state index in [0.29, 0.717) is 18.3 Å². The Kier molecular flexibility index (Phi) is 3.85. The third-order valence-electron chi connectivity index (χ3n) is 2.94. The first-order valence-electron chi connectivity index (χ1n) is 5.46. The van der Waals surface area contributed by atoms with Crippen molar-refractivity contribution in [2.24, 2.45) is 5.92 Å². The van der Waals surface area contributed by atoms with Crippen LogP contribution in [0.5, 0.6) is 5.75 Å². The lowest BCUT2D eigenvalue weighted by Gasteiger charge is -2.19. The van der Waals surface area contributed by atoms with Gasteiger partial charge in [0.15, 0.2) is 11.6 Å². The molecule has 1 amide bonds. The Morgan fingerprint density at radius 1 is 1.44 bits per heavy atom. The Bertz CT molecular complexity index is 481. The van der Waals surface area contributed by atoms with E-state index < -0.39 is 11.6 Å². The van der Waals surface area contributed by atoms with E-state index >= 15 is 0 Å². The van der Waals surface area contributed by atoms with Gasteiger partial charge >= 0.3 is 0 Å². The summed E-state index contributed by atoms with van der Waals surface area (Å²) in [6, 6.07) is 1.96. The number of carbonyl (C=O) groups is 1. The van der Waals surface area contributed by atoms with Gasteiger partial charge in [-0.05, 0) is 5.92 Å². The minimum atomic E-state index is -0.987. The minimum absolute atomic E-state index is 0.108. The number of carbonyl (C=O) groups excluding carboxylic acids is 1. The molecule has 0 N–H and O–H groups in total. The standard InChI is InChI=1S/C12H12BrF2NO2/c1-18-11-4-9(15)8(14)3-10(11)16-6-7(5-13)2-12(16)17/h3-4,7H,2,5-6H2,1H3. The van der Waals surface area contributed by atoms with E-state index in [1.807, 2.05) is 0 Å². The van der Waals surface area contributed by atoms with Crippen LogP contribution < -0.4 is 9.64 Å². The number of amides is 1. The molecule has 1 unspecified atom stereocenters. The molecule has 6 heteroatoms. The first-order chi connectivity index (χ1) is 8.56. The fraction of sp³-hybridized carbons (Fsp3) is 0.417. The van der Waals surface area contributed by atoms with Crippen LogP contribution in [0.15, 0.2) is 12.1 Å². The average molecular weight is 320 g/mol. The topological polar surface area (TPSA) is 29.5 Å². The van der Waals surface area contributed by atoms with Gasteiger partial charge in [-0.2, -0.15) is 0 Å². The van der Waals surface area contributed by atoms with Gasteiger partial charge in [0.1, 0.15) is 5.75 Å². The van der Waals surface area contributed by atoms with Crippen LogP contribution in [-0.4, -0.2) is 24.9 Å². The number of anilines is 1. The summed E-state index contributed by atoms with van der Waals surface area (Å²) in [5.41, 5.74) is 0.282. The Hall–Kier alpha value is -1.17. The Balaban J connectivity index is 2.38. The molecule has 1 atom stereocenters. The van der Waals surface area contributed by atoms with Gasteiger partial charge in [0, 0.05) is 30.4 Å². The Morgan fingerprint density at radius 3 is 2.67 bits per heavy atom. The van der Waals surface area contributed by atoms with Gasteiger partial charge < -0.3 is 9.64 Å². The van der Waals surface area contributed by atoms with E-state index in [1.165, 1.54) is 12.0 Å². The van der Waals surface area contributed by atoms with Crippen LogP contribution >= 0.6 is 15.9 Å². The van der Waals surface area contributed by atoms with Crippen molar-refractivity contribution in [1.29, 1.82) is 0 Å². The number of hydrogen-bond acceptors (Lipinski definition) is 2. The summed E-state index contributed by atoms with van der Waals surface area (Å²) in [7, 11) is 1.36. The molecule has 0 saturated carbocycles. The number of ether oxygens (including phenoxy) is 1. The van der Waals surface area contributed by atoms with Crippen molar-refractivity contribution in [1.82, 2.24) is 0 Å². The molecule has 3 nitrogen and oxygen atoms in total. The monoisotopic (exact) mass is 319 g/mol. The molecule has 1 aliphatic rings. The third-order valence-corrected chi connectivity index (χ3v) is 3.85. The molecule has 1 aliphatic heterocycles. The number of alkyl halides is 1. The van der Waals surface area contributed by atoms with E-state index in [4.69, 9.17) is 4.74 Å². The van der Waals surface area contributed by atoms with Crippen LogP contribution in [0.25, 0.3) is 0 Å². The number of hydrogen-bond donors (Lipinski definition) is 0. The normalized spacial score (nSPS) is 19.4. The van der Waals surface area contributed by atoms with Crippen molar-refractivity contribution in [3.63, 3.8) is 0 Å². The maximum absolute atomic E-state index is 13.3. The summed E-state index contributed by atoms with van der Waals surface area (Å²) in [4.78, 5) is 13.3. The zero-order chi connectivity index (χ0) is 13.3. The number of halogens is 3. The van der Waals surface area contributed by atoms with Crippen molar-refractivity contribution >= 4 is 27.5 Å². The SMILES string of the molecule is COc1cc(F)c(F)cc1N1CC(CBr)CC1=O. The van der Waals surface area contributed by atoms with E-state index in [1.54, 1.807) is 0 Å². The van der Waals surface area contributed by atoms with Crippen molar-refractivity contribution < 1.29 is 18.3 Å². The predicted octanol–water partition coefficient (Wildman–Crippen LogP) is 2.72. The highest BCUT2D eigenvalue weighted by Crippen LogP contribution is 2.35. The molecule has 0 aromatic heterocycles. The summed E-state index contributed by atoms with van der Waals surface area (Å²) >= 11 is 3.32. The van der Waals surface area contributed by atoms with Crippen LogP contribution in [-0.2, 0) is 4.79 Å². The highest BCUT2D eigenvalue weighted by atomic mass is 79.9. The van der Waals surface area contributed by atoms with Crippen molar-refractivity contribution in [3.05, 3.63) is 23.8 Å². The van der Waals surface area contributed by atoms with Gasteiger partial charge in [-0.1, -0.05) is 15.9 Å². The van der Waals surface area contributed by atoms with Crippen molar-refractivity contribution in [2.75, 3.05) is 23.9 Å². The molecule has 1 saturated heterocycles. The second kappa shape index (κ2) is 5.22. The Morgan fingerprint density at radius 2 is 2.11 bits per heavy atom. The molecule has 0 aliphatic carbocycles. The number of benzene rings is 1. The van der Waals surface area contributed by atoms with Gasteiger partial charge in [0.2, 0.25) is 5.91 Å². The van der Waals surface area contributed by atoms with E-state index in [9.17, 15) is 13.6 Å². The van der Waals surface area contributed by atoms with Gasteiger partial charge in [-0.3, -0.25) is 4.79 Å². The van der Waals surface area contributed by atoms with Gasteiger partial charge in [-0.15, -0.1) is 0 Å². The van der Waals surface area contributed by atoms with Gasteiger partial charge in [-0.25, -0.2) is 8.78 Å². The smallest absolute Gasteiger partial charge is 0.227 e. The first kappa shape index (κ1) is 13.3. The van der Waals surface area contributed by atoms with Crippen LogP contribution in [0.1, 0.15) is 6.42 Å². The van der Waals surface area contributed by atoms with Gasteiger partial charge in [0.25, 0.3) is 0 Å². The molecule has 98 valence electrons. The molecule has 2 rings (SSSR count). The minimum Gasteiger partial charge on any atom is -0.494 e. The molecule has 0 spiro atoms. The number of rotatable bonds is 3. The molecular formula is C12H12BrF2NO2. The molecule has 1 aromatic carbocycles. The van der Waals surface area contributed by atoms with Crippen LogP contribution in [0, 0.1) is 17.6 Å². The summed E-state index contributed by atoms with van der Waals surface area (Å²) in [6.07, 6.45) is 0.396. The van der Waals surface area contributed by atoms with Crippen molar-refractivity contribution in [2.45, 2.75) is 6.42 Å². The summed E-state index contributed by atoms with van der Waals surface area (Å²) in [5, 5.41) is 0.696. The molecule has 0 radical (unpaired) electrons. The molecule has 18 heavy (non-hydrogen) atoms. The van der Waals surface area contributed by atoms with Gasteiger partial charge in [0.05, 0.1) is 12.8 Å². The zero-order valence-electron chi connectivity index (χ0n) is 9.75. The summed E-state index contributed by atoms with van der Waals surface area (Å²) < 4.78 is 31.4. The fourth-order valence-electron chi connectivity index (χ4n) is 2.01. The van der Waals surface area contributed by atoms with Crippen LogP contribution in [0.2, 0.25) is 0 Å². The largest absolute Gasteiger partial charge is 0.494 e. The summed E-state index contributed by atoms with van der Waals surface area (Å²) in [5.74, 6) is -1.74. The lowest BCUT2D eigenvalue weighted by Crippen LogP contribution is -2.25. The average Bonchev–Trinajstić information content (AvgIpc) is 2.73. The quantitative estimate of drug-likeness (QED) is 0.802. The second-order valence-corrected chi connectivity index (χ2v) is 4.81. The number of methoxy groups -OCH3 is 1. The number of nitrogens with zero attached hydrogens (tertiary/aromatic N) is 1. The second-order valence-electron chi connectivity index (χ2n) is 4.17. The lowest BCUT2D eigenvalue weighted by molar-refractivity contribution is -0.117. The maximum Gasteiger partial charge on any atom is 0.227 e. The van der Waals surface area contributed by atoms with Crippen molar-refractivity contribution in [3.8, 4) is 5.75 Å². The third kappa shape index (κ3) is 2.34. The lowest BCUT2D eigenvalue weighted by atomic mass is 10.2. The molecule has 0 bridgehead atoms. The maximum atomic E-state index is 13.3. The predicted molar refractivity (Wildman–Crippen MR) is 67.2 cm³/mol. The van der Waals surface area contributed by atoms with Crippen LogP contribution in [0.3, 0.4) is 0 Å². The fourth-order valence-corrected chi connectivity index (χ4v) is 2.44. The van der Waals surface area contributed by atoms with E-state index in [-0.39, 0.29) is 23.3 Å². The molecule has 1 aromatic rings. The molecular weight excluding hydrogens is 308 g/mol. The van der Waals surface area contributed by atoms with Crippen LogP contribution in [0.4, 0.5) is 14.5 Å². The zero-order valence-corrected chi connectivity index (χ0v) is 11.3. The Labute approximate surface area is 112 Å². The highest BCUT2D eigenvalue weighted by Gasteiger charge is 2.32. The highest BCUT2D eigenvalue weighted by molar-refractivity contribution is 9.09. The molecule has 1 fully saturated rings. The van der Waals surface area contributed by atoms with E-state index in [0.717, 1.165) is 12.1 Å². The van der Waals surface area contributed by atoms with E-state index in [2.05, 4.69) is 15.9 Å². The molecule has 1 heterocycles. The summed E-state index contributed by atoms with van der Waals surface area (Å²) in [6.45, 7) is 0.478.